The van der Waals surface area contributed by atoms with E-state index in [0.717, 1.165) is 5.69 Å². The van der Waals surface area contributed by atoms with Crippen LogP contribution in [0, 0.1) is 0 Å². The second-order valence-corrected chi connectivity index (χ2v) is 8.02. The van der Waals surface area contributed by atoms with Crippen LogP contribution in [0.5, 0.6) is 0 Å². The van der Waals surface area contributed by atoms with E-state index in [4.69, 9.17) is 0 Å². The third kappa shape index (κ3) is 3.85. The standard InChI is InChI=1S/C18H26N6O2/c1-17(2,3)14-10-13(21-22-14)15(25)23(4)11-18(26)6-9-24(12-18)16-19-7-5-8-20-16/h5,7-8,10,26H,6,9,11-12H2,1-4H3,(H,21,22)/t18-/m0/s1. The molecule has 1 atom stereocenters. The van der Waals surface area contributed by atoms with Crippen LogP contribution in [0.4, 0.5) is 5.95 Å². The number of nitrogens with one attached hydrogen (secondary N) is 1. The van der Waals surface area contributed by atoms with E-state index in [1.165, 1.54) is 4.90 Å². The number of likely N-dealkylation sites (N-methyl/N-ethyl adjacent to an activating group) is 1. The topological polar surface area (TPSA) is 98.2 Å². The van der Waals surface area contributed by atoms with Gasteiger partial charge < -0.3 is 14.9 Å². The van der Waals surface area contributed by atoms with Gasteiger partial charge in [0.05, 0.1) is 13.1 Å². The number of H-pyrrole nitrogens is 1. The predicted octanol–water partition coefficient (Wildman–Crippen LogP) is 1.21. The molecule has 0 saturated carbocycles. The van der Waals surface area contributed by atoms with Crippen molar-refractivity contribution in [3.05, 3.63) is 35.9 Å². The highest BCUT2D eigenvalue weighted by Gasteiger charge is 2.39. The van der Waals surface area contributed by atoms with Gasteiger partial charge in [-0.2, -0.15) is 5.10 Å². The number of aliphatic hydroxyl groups is 1. The van der Waals surface area contributed by atoms with Crippen LogP contribution in [0.3, 0.4) is 0 Å². The van der Waals surface area contributed by atoms with Gasteiger partial charge >= 0.3 is 0 Å². The number of carbonyl (C=O) groups is 1. The molecule has 26 heavy (non-hydrogen) atoms. The van der Waals surface area contributed by atoms with E-state index in [0.29, 0.717) is 31.2 Å². The Morgan fingerprint density at radius 1 is 1.38 bits per heavy atom. The predicted molar refractivity (Wildman–Crippen MR) is 98.1 cm³/mol. The summed E-state index contributed by atoms with van der Waals surface area (Å²) in [6.07, 6.45) is 3.91. The number of carbonyl (C=O) groups excluding carboxylic acids is 1. The summed E-state index contributed by atoms with van der Waals surface area (Å²) < 4.78 is 0. The highest BCUT2D eigenvalue weighted by molar-refractivity contribution is 5.92. The molecule has 2 aromatic rings. The second kappa shape index (κ2) is 6.68. The van der Waals surface area contributed by atoms with Crippen LogP contribution in [-0.2, 0) is 5.41 Å². The molecule has 1 aliphatic heterocycles. The SMILES string of the molecule is CN(C[C@@]1(O)CCN(c2ncccn2)C1)C(=O)c1cc(C(C)(C)C)[nH]n1. The van der Waals surface area contributed by atoms with Crippen molar-refractivity contribution >= 4 is 11.9 Å². The first-order valence-electron chi connectivity index (χ1n) is 8.74. The fourth-order valence-corrected chi connectivity index (χ4v) is 3.14. The average Bonchev–Trinajstić information content (AvgIpc) is 3.22. The molecule has 8 nitrogen and oxygen atoms in total. The van der Waals surface area contributed by atoms with Gasteiger partial charge in [-0.25, -0.2) is 9.97 Å². The van der Waals surface area contributed by atoms with E-state index < -0.39 is 5.60 Å². The number of nitrogens with zero attached hydrogens (tertiary/aromatic N) is 5. The van der Waals surface area contributed by atoms with Gasteiger partial charge in [0.25, 0.3) is 5.91 Å². The van der Waals surface area contributed by atoms with Gasteiger partial charge in [-0.3, -0.25) is 9.89 Å². The molecule has 1 aliphatic rings. The largest absolute Gasteiger partial charge is 0.386 e. The van der Waals surface area contributed by atoms with Gasteiger partial charge in [-0.1, -0.05) is 20.8 Å². The van der Waals surface area contributed by atoms with Crippen LogP contribution in [0.15, 0.2) is 24.5 Å². The van der Waals surface area contributed by atoms with Gasteiger partial charge in [-0.05, 0) is 18.6 Å². The van der Waals surface area contributed by atoms with Gasteiger partial charge in [0.2, 0.25) is 5.95 Å². The summed E-state index contributed by atoms with van der Waals surface area (Å²) >= 11 is 0. The number of aromatic amines is 1. The lowest BCUT2D eigenvalue weighted by molar-refractivity contribution is 0.0261. The lowest BCUT2D eigenvalue weighted by Crippen LogP contribution is -2.46. The molecule has 1 amide bonds. The summed E-state index contributed by atoms with van der Waals surface area (Å²) in [7, 11) is 1.69. The summed E-state index contributed by atoms with van der Waals surface area (Å²) in [6, 6.07) is 3.54. The molecule has 2 N–H and O–H groups in total. The zero-order chi connectivity index (χ0) is 18.9. The smallest absolute Gasteiger partial charge is 0.274 e. The number of anilines is 1. The molecule has 3 heterocycles. The Balaban J connectivity index is 1.65. The van der Waals surface area contributed by atoms with E-state index in [-0.39, 0.29) is 17.9 Å². The van der Waals surface area contributed by atoms with Crippen LogP contribution in [0.2, 0.25) is 0 Å². The van der Waals surface area contributed by atoms with Crippen molar-refractivity contribution in [2.45, 2.75) is 38.2 Å². The van der Waals surface area contributed by atoms with Crippen molar-refractivity contribution in [1.29, 1.82) is 0 Å². The third-order valence-electron chi connectivity index (χ3n) is 4.65. The number of β-amino-alcohol motifs (C(OH)–C–C–N with tert-alkyl or cyclic N) is 1. The molecule has 1 fully saturated rings. The molecule has 2 aromatic heterocycles. The third-order valence-corrected chi connectivity index (χ3v) is 4.65. The zero-order valence-corrected chi connectivity index (χ0v) is 15.7. The quantitative estimate of drug-likeness (QED) is 0.852. The molecule has 140 valence electrons. The van der Waals surface area contributed by atoms with Crippen LogP contribution in [0.25, 0.3) is 0 Å². The number of hydrogen-bond acceptors (Lipinski definition) is 6. The first-order chi connectivity index (χ1) is 12.2. The van der Waals surface area contributed by atoms with Crippen LogP contribution >= 0.6 is 0 Å². The normalized spacial score (nSPS) is 20.4. The summed E-state index contributed by atoms with van der Waals surface area (Å²) in [6.45, 7) is 7.44. The van der Waals surface area contributed by atoms with Crippen molar-refractivity contribution in [3.8, 4) is 0 Å². The maximum Gasteiger partial charge on any atom is 0.274 e. The van der Waals surface area contributed by atoms with E-state index in [2.05, 4.69) is 40.9 Å². The minimum absolute atomic E-state index is 0.107. The maximum absolute atomic E-state index is 12.7. The zero-order valence-electron chi connectivity index (χ0n) is 15.7. The monoisotopic (exact) mass is 358 g/mol. The van der Waals surface area contributed by atoms with Crippen LogP contribution in [-0.4, -0.2) is 68.4 Å². The molecule has 8 heteroatoms. The number of hydrogen-bond donors (Lipinski definition) is 2. The Morgan fingerprint density at radius 2 is 2.08 bits per heavy atom. The Hall–Kier alpha value is -2.48. The maximum atomic E-state index is 12.7. The highest BCUT2D eigenvalue weighted by atomic mass is 16.3. The van der Waals surface area contributed by atoms with E-state index in [1.54, 1.807) is 31.6 Å². The van der Waals surface area contributed by atoms with Crippen molar-refractivity contribution in [2.75, 3.05) is 31.6 Å². The number of aromatic nitrogens is 4. The molecule has 0 spiro atoms. The molecule has 0 aromatic carbocycles. The summed E-state index contributed by atoms with van der Waals surface area (Å²) in [5.74, 6) is 0.388. The molecular formula is C18H26N6O2. The highest BCUT2D eigenvalue weighted by Crippen LogP contribution is 2.26. The van der Waals surface area contributed by atoms with Gasteiger partial charge in [0.1, 0.15) is 11.3 Å². The van der Waals surface area contributed by atoms with Crippen molar-refractivity contribution in [3.63, 3.8) is 0 Å². The van der Waals surface area contributed by atoms with E-state index >= 15 is 0 Å². The Bertz CT molecular complexity index is 769. The lowest BCUT2D eigenvalue weighted by atomic mass is 9.92. The molecule has 0 bridgehead atoms. The minimum Gasteiger partial charge on any atom is -0.386 e. The molecular weight excluding hydrogens is 332 g/mol. The summed E-state index contributed by atoms with van der Waals surface area (Å²) in [5.41, 5.74) is 0.167. The van der Waals surface area contributed by atoms with Gasteiger partial charge in [0.15, 0.2) is 0 Å². The summed E-state index contributed by atoms with van der Waals surface area (Å²) in [4.78, 5) is 24.6. The molecule has 0 aliphatic carbocycles. The van der Waals surface area contributed by atoms with Crippen molar-refractivity contribution in [1.82, 2.24) is 25.1 Å². The molecule has 0 radical (unpaired) electrons. The molecule has 0 unspecified atom stereocenters. The lowest BCUT2D eigenvalue weighted by Gasteiger charge is -2.28. The Kier molecular flexibility index (Phi) is 4.70. The molecule has 3 rings (SSSR count). The van der Waals surface area contributed by atoms with E-state index in [1.807, 2.05) is 4.90 Å². The van der Waals surface area contributed by atoms with Crippen molar-refractivity contribution in [2.24, 2.45) is 0 Å². The first kappa shape index (κ1) is 18.3. The Labute approximate surface area is 153 Å². The fraction of sp³-hybridized carbons (Fsp3) is 0.556. The van der Waals surface area contributed by atoms with Crippen molar-refractivity contribution < 1.29 is 9.90 Å². The second-order valence-electron chi connectivity index (χ2n) is 8.02. The number of rotatable bonds is 4. The summed E-state index contributed by atoms with van der Waals surface area (Å²) in [5, 5.41) is 18.0. The van der Waals surface area contributed by atoms with Gasteiger partial charge in [-0.15, -0.1) is 0 Å². The first-order valence-corrected chi connectivity index (χ1v) is 8.74. The van der Waals surface area contributed by atoms with Crippen LogP contribution < -0.4 is 4.90 Å². The minimum atomic E-state index is -0.993. The number of amides is 1. The fourth-order valence-electron chi connectivity index (χ4n) is 3.14. The molecule has 1 saturated heterocycles. The average molecular weight is 358 g/mol. The Morgan fingerprint density at radius 3 is 2.69 bits per heavy atom. The van der Waals surface area contributed by atoms with Gasteiger partial charge in [0, 0.05) is 37.1 Å². The van der Waals surface area contributed by atoms with Crippen LogP contribution in [0.1, 0.15) is 43.4 Å². The van der Waals surface area contributed by atoms with E-state index in [9.17, 15) is 9.90 Å².